The molecule has 0 spiro atoms. The Hall–Kier alpha value is 1.06. The third-order valence-electron chi connectivity index (χ3n) is 1.69. The van der Waals surface area contributed by atoms with Gasteiger partial charge in [0.25, 0.3) is 0 Å². The van der Waals surface area contributed by atoms with Gasteiger partial charge in [-0.25, -0.2) is 0 Å². The molecule has 0 aliphatic rings. The van der Waals surface area contributed by atoms with Crippen molar-refractivity contribution < 1.29 is 0 Å². The van der Waals surface area contributed by atoms with Gasteiger partial charge in [0, 0.05) is 0 Å². The van der Waals surface area contributed by atoms with Crippen molar-refractivity contribution in [2.75, 3.05) is 0 Å². The third-order valence-corrected chi connectivity index (χ3v) is 6.68. The molecule has 0 aromatic heterocycles. The van der Waals surface area contributed by atoms with E-state index in [1.54, 1.807) is 0 Å². The van der Waals surface area contributed by atoms with Crippen LogP contribution in [-0.4, -0.2) is 41.8 Å². The summed E-state index contributed by atoms with van der Waals surface area (Å²) in [4.78, 5) is 0. The zero-order chi connectivity index (χ0) is 10.5. The molecule has 0 atom stereocenters. The fourth-order valence-electron chi connectivity index (χ4n) is 0.793. The number of hydrogen-bond donors (Lipinski definition) is 0. The van der Waals surface area contributed by atoms with Crippen molar-refractivity contribution in [1.82, 2.24) is 0 Å². The van der Waals surface area contributed by atoms with Crippen LogP contribution in [-0.2, 0) is 0 Å². The molecule has 0 aromatic rings. The summed E-state index contributed by atoms with van der Waals surface area (Å²) in [5.41, 5.74) is 0. The number of allylic oxidation sites excluding steroid dienone is 2. The van der Waals surface area contributed by atoms with Crippen LogP contribution in [0.1, 0.15) is 39.5 Å². The van der Waals surface area contributed by atoms with Gasteiger partial charge in [-0.1, -0.05) is 0 Å². The summed E-state index contributed by atoms with van der Waals surface area (Å²) in [7, 11) is 0. The van der Waals surface area contributed by atoms with Crippen LogP contribution in [0, 0.1) is 0 Å². The summed E-state index contributed by atoms with van der Waals surface area (Å²) in [5.74, 6) is 0. The topological polar surface area (TPSA) is 0 Å². The third kappa shape index (κ3) is 13.1. The van der Waals surface area contributed by atoms with E-state index in [1.165, 1.54) is 34.6 Å². The first-order chi connectivity index (χ1) is 6.91. The average molecular weight is 422 g/mol. The van der Waals surface area contributed by atoms with E-state index in [-0.39, 0.29) is 41.8 Å². The number of unbranched alkanes of at least 4 members (excludes halogenated alkanes) is 2. The Morgan fingerprint density at radius 2 is 1.21 bits per heavy atom. The van der Waals surface area contributed by atoms with Crippen LogP contribution in [0.3, 0.4) is 0 Å². The van der Waals surface area contributed by atoms with Gasteiger partial charge in [-0.05, 0) is 0 Å². The first kappa shape index (κ1) is 15.1. The Labute approximate surface area is 110 Å². The van der Waals surface area contributed by atoms with Crippen LogP contribution in [0.5, 0.6) is 0 Å². The minimum atomic E-state index is 0.211. The van der Waals surface area contributed by atoms with Crippen LogP contribution in [0.4, 0.5) is 0 Å². The van der Waals surface area contributed by atoms with Crippen LogP contribution in [0.15, 0.2) is 20.4 Å². The van der Waals surface area contributed by atoms with Gasteiger partial charge < -0.3 is 0 Å². The molecule has 2 heteroatoms. The predicted molar refractivity (Wildman–Crippen MR) is 69.2 cm³/mol. The fourth-order valence-corrected chi connectivity index (χ4v) is 5.32. The molecule has 0 fully saturated rings. The minimum absolute atomic E-state index is 0.211. The van der Waals surface area contributed by atoms with Crippen molar-refractivity contribution in [2.24, 2.45) is 0 Å². The second kappa shape index (κ2) is 14.1. The average Bonchev–Trinajstić information content (AvgIpc) is 2.21. The Morgan fingerprint density at radius 1 is 0.786 bits per heavy atom. The van der Waals surface area contributed by atoms with Gasteiger partial charge in [-0.2, -0.15) is 0 Å². The standard InChI is InChI=1S/C12H22Te2/c1-3-5-9-13-11-7-8-12-14-10-6-4-2/h7-8,11-12H,3-6,9-10H2,1-2H3/b11-7-,12-8-. The van der Waals surface area contributed by atoms with Gasteiger partial charge in [-0.15, -0.1) is 0 Å². The molecule has 0 radical (unpaired) electrons. The van der Waals surface area contributed by atoms with E-state index >= 15 is 0 Å². The first-order valence-electron chi connectivity index (χ1n) is 5.46. The van der Waals surface area contributed by atoms with Gasteiger partial charge >= 0.3 is 111 Å². The molecule has 0 aromatic carbocycles. The van der Waals surface area contributed by atoms with E-state index in [0.29, 0.717) is 0 Å². The summed E-state index contributed by atoms with van der Waals surface area (Å²) in [5, 5.41) is 0. The molecule has 0 saturated carbocycles. The monoisotopic (exact) mass is 426 g/mol. The molecule has 0 rings (SSSR count). The predicted octanol–water partition coefficient (Wildman–Crippen LogP) is 3.86. The van der Waals surface area contributed by atoms with Crippen molar-refractivity contribution in [3.63, 3.8) is 0 Å². The van der Waals surface area contributed by atoms with Crippen LogP contribution < -0.4 is 0 Å². The molecular formula is C12H22Te2. The Kier molecular flexibility index (Phi) is 15.1. The molecule has 0 aliphatic carbocycles. The fraction of sp³-hybridized carbons (Fsp3) is 0.667. The van der Waals surface area contributed by atoms with Crippen molar-refractivity contribution in [3.05, 3.63) is 20.4 Å². The van der Waals surface area contributed by atoms with Crippen molar-refractivity contribution in [1.29, 1.82) is 0 Å². The van der Waals surface area contributed by atoms with Crippen LogP contribution in [0.25, 0.3) is 0 Å². The van der Waals surface area contributed by atoms with E-state index in [9.17, 15) is 0 Å². The van der Waals surface area contributed by atoms with Crippen molar-refractivity contribution in [3.8, 4) is 0 Å². The summed E-state index contributed by atoms with van der Waals surface area (Å²) >= 11 is 0.421. The van der Waals surface area contributed by atoms with E-state index in [4.69, 9.17) is 0 Å². The normalized spacial score (nSPS) is 11.9. The van der Waals surface area contributed by atoms with Gasteiger partial charge in [0.1, 0.15) is 0 Å². The number of hydrogen-bond acceptors (Lipinski definition) is 0. The van der Waals surface area contributed by atoms with Gasteiger partial charge in [0.05, 0.1) is 0 Å². The van der Waals surface area contributed by atoms with Crippen molar-refractivity contribution in [2.45, 2.75) is 48.5 Å². The molecule has 82 valence electrons. The molecule has 0 saturated heterocycles. The molecule has 0 aliphatic heterocycles. The van der Waals surface area contributed by atoms with Gasteiger partial charge in [0.2, 0.25) is 0 Å². The Morgan fingerprint density at radius 3 is 1.57 bits per heavy atom. The second-order valence-corrected chi connectivity index (χ2v) is 8.89. The van der Waals surface area contributed by atoms with E-state index < -0.39 is 0 Å². The summed E-state index contributed by atoms with van der Waals surface area (Å²) < 4.78 is 7.84. The summed E-state index contributed by atoms with van der Waals surface area (Å²) in [6.07, 6.45) is 10.2. The maximum absolute atomic E-state index is 2.43. The zero-order valence-corrected chi connectivity index (χ0v) is 14.0. The maximum atomic E-state index is 2.43. The molecule has 0 heterocycles. The van der Waals surface area contributed by atoms with Gasteiger partial charge in [0.15, 0.2) is 0 Å². The van der Waals surface area contributed by atoms with Gasteiger partial charge in [-0.3, -0.25) is 0 Å². The summed E-state index contributed by atoms with van der Waals surface area (Å²) in [6, 6.07) is 0. The zero-order valence-electron chi connectivity index (χ0n) is 9.37. The molecule has 0 unspecified atom stereocenters. The van der Waals surface area contributed by atoms with Crippen LogP contribution in [0.2, 0.25) is 8.94 Å². The van der Waals surface area contributed by atoms with E-state index in [2.05, 4.69) is 34.2 Å². The first-order valence-corrected chi connectivity index (χ1v) is 11.4. The quantitative estimate of drug-likeness (QED) is 0.301. The van der Waals surface area contributed by atoms with Crippen molar-refractivity contribution >= 4 is 41.8 Å². The molecule has 14 heavy (non-hydrogen) atoms. The molecule has 0 nitrogen and oxygen atoms in total. The SMILES string of the molecule is CCCC[Te]/C=C\C=C/[Te]CCCC. The molecule has 0 N–H and O–H groups in total. The van der Waals surface area contributed by atoms with E-state index in [1.807, 2.05) is 0 Å². The Balaban J connectivity index is 3.15. The van der Waals surface area contributed by atoms with Crippen LogP contribution >= 0.6 is 0 Å². The van der Waals surface area contributed by atoms with E-state index in [0.717, 1.165) is 0 Å². The molecule has 0 bridgehead atoms. The summed E-state index contributed by atoms with van der Waals surface area (Å²) in [6.45, 7) is 4.55. The molecule has 0 amide bonds. The number of rotatable bonds is 9. The second-order valence-electron chi connectivity index (χ2n) is 3.11. The molecular weight excluding hydrogens is 399 g/mol. The Bertz CT molecular complexity index is 132.